The average molecular weight is 376 g/mol. The van der Waals surface area contributed by atoms with E-state index in [0.29, 0.717) is 18.9 Å². The topological polar surface area (TPSA) is 95.9 Å². The maximum atomic E-state index is 12.6. The Morgan fingerprint density at radius 3 is 2.38 bits per heavy atom. The Morgan fingerprint density at radius 1 is 1.12 bits per heavy atom. The predicted octanol–water partition coefficient (Wildman–Crippen LogP) is 2.33. The van der Waals surface area contributed by atoms with Crippen LogP contribution in [0.4, 0.5) is 11.4 Å². The van der Waals surface area contributed by atoms with Crippen molar-refractivity contribution < 1.29 is 23.1 Å². The number of carboxylic acid groups (broad SMARTS) is 1. The van der Waals surface area contributed by atoms with E-state index in [9.17, 15) is 13.2 Å². The van der Waals surface area contributed by atoms with Crippen LogP contribution in [0.3, 0.4) is 0 Å². The second-order valence-electron chi connectivity index (χ2n) is 6.03. The van der Waals surface area contributed by atoms with Gasteiger partial charge in [-0.25, -0.2) is 13.2 Å². The number of rotatable bonds is 5. The van der Waals surface area contributed by atoms with Gasteiger partial charge in [0, 0.05) is 18.8 Å². The Kier molecular flexibility index (Phi) is 5.15. The van der Waals surface area contributed by atoms with Gasteiger partial charge in [-0.15, -0.1) is 0 Å². The summed E-state index contributed by atoms with van der Waals surface area (Å²) >= 11 is 0. The van der Waals surface area contributed by atoms with Gasteiger partial charge >= 0.3 is 5.97 Å². The van der Waals surface area contributed by atoms with Gasteiger partial charge in [-0.3, -0.25) is 4.72 Å². The maximum Gasteiger partial charge on any atom is 0.335 e. The molecule has 3 rings (SSSR count). The number of benzene rings is 2. The molecule has 0 spiro atoms. The number of carbonyl (C=O) groups is 1. The van der Waals surface area contributed by atoms with Crippen molar-refractivity contribution in [2.75, 3.05) is 35.9 Å². The molecule has 8 heteroatoms. The van der Waals surface area contributed by atoms with Gasteiger partial charge < -0.3 is 14.7 Å². The third-order valence-electron chi connectivity index (χ3n) is 4.25. The van der Waals surface area contributed by atoms with Crippen molar-refractivity contribution in [1.82, 2.24) is 0 Å². The van der Waals surface area contributed by atoms with Gasteiger partial charge in [-0.2, -0.15) is 0 Å². The first-order chi connectivity index (χ1) is 12.4. The SMILES string of the molecule is Cc1ccc(N2CCOCC2)cc1NS(=O)(=O)c1ccc(C(=O)O)cc1. The molecule has 138 valence electrons. The maximum absolute atomic E-state index is 12.6. The van der Waals surface area contributed by atoms with Gasteiger partial charge in [0.15, 0.2) is 0 Å². The minimum Gasteiger partial charge on any atom is -0.478 e. The van der Waals surface area contributed by atoms with Gasteiger partial charge in [0.1, 0.15) is 0 Å². The first kappa shape index (κ1) is 18.2. The smallest absolute Gasteiger partial charge is 0.335 e. The van der Waals surface area contributed by atoms with E-state index in [0.717, 1.165) is 24.3 Å². The number of hydrogen-bond acceptors (Lipinski definition) is 5. The third kappa shape index (κ3) is 3.97. The molecule has 0 radical (unpaired) electrons. The zero-order valence-corrected chi connectivity index (χ0v) is 15.1. The number of morpholine rings is 1. The molecule has 0 aliphatic carbocycles. The van der Waals surface area contributed by atoms with Crippen LogP contribution in [0.5, 0.6) is 0 Å². The van der Waals surface area contributed by atoms with Crippen molar-refractivity contribution in [3.05, 3.63) is 53.6 Å². The highest BCUT2D eigenvalue weighted by molar-refractivity contribution is 7.92. The van der Waals surface area contributed by atoms with Crippen LogP contribution in [0.1, 0.15) is 15.9 Å². The zero-order valence-electron chi connectivity index (χ0n) is 14.3. The highest BCUT2D eigenvalue weighted by Gasteiger charge is 2.18. The van der Waals surface area contributed by atoms with Crippen LogP contribution >= 0.6 is 0 Å². The fraction of sp³-hybridized carbons (Fsp3) is 0.278. The summed E-state index contributed by atoms with van der Waals surface area (Å²) in [5, 5.41) is 8.93. The van der Waals surface area contributed by atoms with E-state index in [1.807, 2.05) is 25.1 Å². The summed E-state index contributed by atoms with van der Waals surface area (Å²) in [6.07, 6.45) is 0. The number of nitrogens with one attached hydrogen (secondary N) is 1. The van der Waals surface area contributed by atoms with Crippen molar-refractivity contribution in [3.8, 4) is 0 Å². The van der Waals surface area contributed by atoms with E-state index >= 15 is 0 Å². The summed E-state index contributed by atoms with van der Waals surface area (Å²) in [4.78, 5) is 13.1. The molecule has 2 aromatic carbocycles. The van der Waals surface area contributed by atoms with Crippen molar-refractivity contribution in [3.63, 3.8) is 0 Å². The van der Waals surface area contributed by atoms with Crippen molar-refractivity contribution >= 4 is 27.4 Å². The molecule has 7 nitrogen and oxygen atoms in total. The number of carboxylic acids is 1. The summed E-state index contributed by atoms with van der Waals surface area (Å²) in [6.45, 7) is 4.63. The number of nitrogens with zero attached hydrogens (tertiary/aromatic N) is 1. The molecule has 0 bridgehead atoms. The summed E-state index contributed by atoms with van der Waals surface area (Å²) in [6, 6.07) is 10.8. The summed E-state index contributed by atoms with van der Waals surface area (Å²) in [5.74, 6) is -1.10. The van der Waals surface area contributed by atoms with Gasteiger partial charge in [0.2, 0.25) is 0 Å². The number of aryl methyl sites for hydroxylation is 1. The highest BCUT2D eigenvalue weighted by atomic mass is 32.2. The molecule has 0 amide bonds. The van der Waals surface area contributed by atoms with Gasteiger partial charge in [0.05, 0.1) is 29.4 Å². The monoisotopic (exact) mass is 376 g/mol. The second kappa shape index (κ2) is 7.35. The van der Waals surface area contributed by atoms with E-state index in [-0.39, 0.29) is 10.5 Å². The number of sulfonamides is 1. The van der Waals surface area contributed by atoms with Gasteiger partial charge in [0.25, 0.3) is 10.0 Å². The molecule has 0 saturated carbocycles. The van der Waals surface area contributed by atoms with Crippen LogP contribution < -0.4 is 9.62 Å². The molecule has 0 unspecified atom stereocenters. The number of anilines is 2. The molecule has 1 heterocycles. The van der Waals surface area contributed by atoms with E-state index in [1.165, 1.54) is 24.3 Å². The number of hydrogen-bond donors (Lipinski definition) is 2. The fourth-order valence-electron chi connectivity index (χ4n) is 2.72. The summed E-state index contributed by atoms with van der Waals surface area (Å²) in [5.41, 5.74) is 2.26. The lowest BCUT2D eigenvalue weighted by Crippen LogP contribution is -2.36. The molecule has 0 atom stereocenters. The molecule has 2 aromatic rings. The Hall–Kier alpha value is -2.58. The lowest BCUT2D eigenvalue weighted by atomic mass is 10.1. The number of ether oxygens (including phenoxy) is 1. The molecular weight excluding hydrogens is 356 g/mol. The van der Waals surface area contributed by atoms with E-state index in [4.69, 9.17) is 9.84 Å². The van der Waals surface area contributed by atoms with Gasteiger partial charge in [-0.1, -0.05) is 6.07 Å². The van der Waals surface area contributed by atoms with Crippen molar-refractivity contribution in [2.24, 2.45) is 0 Å². The second-order valence-corrected chi connectivity index (χ2v) is 7.72. The molecule has 1 aliphatic rings. The van der Waals surface area contributed by atoms with Crippen LogP contribution in [0.2, 0.25) is 0 Å². The van der Waals surface area contributed by atoms with Crippen molar-refractivity contribution in [1.29, 1.82) is 0 Å². The van der Waals surface area contributed by atoms with Crippen LogP contribution in [-0.2, 0) is 14.8 Å². The molecular formula is C18H20N2O5S. The molecule has 1 saturated heterocycles. The quantitative estimate of drug-likeness (QED) is 0.831. The minimum absolute atomic E-state index is 0.0127. The van der Waals surface area contributed by atoms with Crippen LogP contribution in [0, 0.1) is 6.92 Å². The first-order valence-electron chi connectivity index (χ1n) is 8.16. The standard InChI is InChI=1S/C18H20N2O5S/c1-13-2-5-15(20-8-10-25-11-9-20)12-17(13)19-26(23,24)16-6-3-14(4-7-16)18(21)22/h2-7,12,19H,8-11H2,1H3,(H,21,22). The van der Waals surface area contributed by atoms with Gasteiger partial charge in [-0.05, 0) is 48.9 Å². The molecule has 26 heavy (non-hydrogen) atoms. The number of aromatic carboxylic acids is 1. The van der Waals surface area contributed by atoms with E-state index < -0.39 is 16.0 Å². The van der Waals surface area contributed by atoms with E-state index in [1.54, 1.807) is 0 Å². The Balaban J connectivity index is 1.85. The molecule has 2 N–H and O–H groups in total. The van der Waals surface area contributed by atoms with Crippen LogP contribution in [0.15, 0.2) is 47.4 Å². The molecule has 1 fully saturated rings. The summed E-state index contributed by atoms with van der Waals surface area (Å²) in [7, 11) is -3.81. The molecule has 0 aromatic heterocycles. The normalized spacial score (nSPS) is 14.9. The Morgan fingerprint density at radius 2 is 1.77 bits per heavy atom. The zero-order chi connectivity index (χ0) is 18.7. The first-order valence-corrected chi connectivity index (χ1v) is 9.65. The third-order valence-corrected chi connectivity index (χ3v) is 5.63. The Bertz CT molecular complexity index is 904. The van der Waals surface area contributed by atoms with E-state index in [2.05, 4.69) is 9.62 Å². The predicted molar refractivity (Wildman–Crippen MR) is 98.4 cm³/mol. The largest absolute Gasteiger partial charge is 0.478 e. The lowest BCUT2D eigenvalue weighted by molar-refractivity contribution is 0.0696. The lowest BCUT2D eigenvalue weighted by Gasteiger charge is -2.29. The van der Waals surface area contributed by atoms with Crippen molar-refractivity contribution in [2.45, 2.75) is 11.8 Å². The van der Waals surface area contributed by atoms with Crippen LogP contribution in [-0.4, -0.2) is 45.8 Å². The Labute approximate surface area is 152 Å². The average Bonchev–Trinajstić information content (AvgIpc) is 2.64. The summed E-state index contributed by atoms with van der Waals surface area (Å²) < 4.78 is 33.2. The van der Waals surface area contributed by atoms with Crippen LogP contribution in [0.25, 0.3) is 0 Å². The fourth-order valence-corrected chi connectivity index (χ4v) is 3.84. The minimum atomic E-state index is -3.81. The highest BCUT2D eigenvalue weighted by Crippen LogP contribution is 2.26. The molecule has 1 aliphatic heterocycles.